The van der Waals surface area contributed by atoms with Crippen LogP contribution in [0.15, 0.2) is 66.7 Å². The number of carbonyl (C=O) groups excluding carboxylic acids is 1. The number of aliphatic hydroxyl groups excluding tert-OH is 1. The van der Waals surface area contributed by atoms with Crippen molar-refractivity contribution in [3.63, 3.8) is 0 Å². The first-order valence-electron chi connectivity index (χ1n) is 7.81. The smallest absolute Gasteiger partial charge is 0.257 e. The molecule has 26 heavy (non-hydrogen) atoms. The molecule has 0 saturated carbocycles. The van der Waals surface area contributed by atoms with E-state index in [9.17, 15) is 24.5 Å². The molecule has 1 unspecified atom stereocenters. The molecule has 3 rings (SSSR count). The van der Waals surface area contributed by atoms with Crippen LogP contribution in [0.2, 0.25) is 0 Å². The summed E-state index contributed by atoms with van der Waals surface area (Å²) in [7, 11) is 0. The third-order valence-corrected chi connectivity index (χ3v) is 3.91. The molecule has 5 nitrogen and oxygen atoms in total. The van der Waals surface area contributed by atoms with Crippen molar-refractivity contribution in [2.45, 2.75) is 6.10 Å². The average molecular weight is 353 g/mol. The highest BCUT2D eigenvalue weighted by Crippen LogP contribution is 2.34. The standard InChI is InChI=1S/C20H16FNO4/c21-14-8-5-12(6-9-14)19(25)20(26)22-16-4-2-1-3-15(16)13-7-10-17(23)18(24)11-13/h1-11,19,23-25H,(H,22,26). The van der Waals surface area contributed by atoms with Crippen LogP contribution in [0.3, 0.4) is 0 Å². The number of amides is 1. The SMILES string of the molecule is O=C(Nc1ccccc1-c1ccc(O)c(O)c1)C(O)c1ccc(F)cc1. The molecule has 3 aromatic carbocycles. The highest BCUT2D eigenvalue weighted by molar-refractivity contribution is 5.98. The van der Waals surface area contributed by atoms with Crippen LogP contribution in [0.25, 0.3) is 11.1 Å². The van der Waals surface area contributed by atoms with E-state index < -0.39 is 17.8 Å². The Kier molecular flexibility index (Phi) is 4.86. The molecule has 1 amide bonds. The highest BCUT2D eigenvalue weighted by atomic mass is 19.1. The predicted octanol–water partition coefficient (Wildman–Crippen LogP) is 3.58. The van der Waals surface area contributed by atoms with Gasteiger partial charge in [-0.3, -0.25) is 4.79 Å². The zero-order valence-corrected chi connectivity index (χ0v) is 13.6. The van der Waals surface area contributed by atoms with Gasteiger partial charge in [0, 0.05) is 11.3 Å². The van der Waals surface area contributed by atoms with Crippen molar-refractivity contribution in [1.29, 1.82) is 0 Å². The number of nitrogens with one attached hydrogen (secondary N) is 1. The Hall–Kier alpha value is -3.38. The van der Waals surface area contributed by atoms with Crippen molar-refractivity contribution in [1.82, 2.24) is 0 Å². The zero-order valence-electron chi connectivity index (χ0n) is 13.6. The molecular weight excluding hydrogens is 337 g/mol. The van der Waals surface area contributed by atoms with Gasteiger partial charge in [0.1, 0.15) is 5.82 Å². The Balaban J connectivity index is 1.87. The van der Waals surface area contributed by atoms with Gasteiger partial charge in [0.25, 0.3) is 5.91 Å². The molecule has 0 aliphatic rings. The molecule has 0 heterocycles. The Bertz CT molecular complexity index is 941. The molecule has 1 atom stereocenters. The minimum atomic E-state index is -1.46. The number of benzene rings is 3. The van der Waals surface area contributed by atoms with Gasteiger partial charge in [-0.05, 0) is 41.5 Å². The van der Waals surface area contributed by atoms with Crippen molar-refractivity contribution in [2.24, 2.45) is 0 Å². The van der Waals surface area contributed by atoms with Gasteiger partial charge in [0.05, 0.1) is 0 Å². The first-order valence-corrected chi connectivity index (χ1v) is 7.81. The molecule has 0 aliphatic carbocycles. The van der Waals surface area contributed by atoms with E-state index >= 15 is 0 Å². The minimum absolute atomic E-state index is 0.248. The van der Waals surface area contributed by atoms with Crippen molar-refractivity contribution >= 4 is 11.6 Å². The van der Waals surface area contributed by atoms with Gasteiger partial charge in [-0.25, -0.2) is 4.39 Å². The summed E-state index contributed by atoms with van der Waals surface area (Å²) in [5.74, 6) is -1.66. The third kappa shape index (κ3) is 3.65. The average Bonchev–Trinajstić information content (AvgIpc) is 2.64. The molecule has 3 aromatic rings. The summed E-state index contributed by atoms with van der Waals surface area (Å²) < 4.78 is 13.0. The molecule has 0 bridgehead atoms. The lowest BCUT2D eigenvalue weighted by molar-refractivity contribution is -0.124. The van der Waals surface area contributed by atoms with Crippen molar-refractivity contribution in [3.8, 4) is 22.6 Å². The minimum Gasteiger partial charge on any atom is -0.504 e. The van der Waals surface area contributed by atoms with E-state index in [-0.39, 0.29) is 17.1 Å². The fourth-order valence-corrected chi connectivity index (χ4v) is 2.53. The zero-order chi connectivity index (χ0) is 18.7. The lowest BCUT2D eigenvalue weighted by Crippen LogP contribution is -2.21. The fourth-order valence-electron chi connectivity index (χ4n) is 2.53. The van der Waals surface area contributed by atoms with E-state index in [4.69, 9.17) is 0 Å². The topological polar surface area (TPSA) is 89.8 Å². The van der Waals surface area contributed by atoms with Gasteiger partial charge < -0.3 is 20.6 Å². The van der Waals surface area contributed by atoms with Crippen LogP contribution in [0.1, 0.15) is 11.7 Å². The fraction of sp³-hybridized carbons (Fsp3) is 0.0500. The van der Waals surface area contributed by atoms with Crippen molar-refractivity contribution < 1.29 is 24.5 Å². The predicted molar refractivity (Wildman–Crippen MR) is 95.2 cm³/mol. The number of hydrogen-bond donors (Lipinski definition) is 4. The lowest BCUT2D eigenvalue weighted by Gasteiger charge is -2.15. The molecule has 0 fully saturated rings. The van der Waals surface area contributed by atoms with E-state index in [2.05, 4.69) is 5.32 Å². The number of anilines is 1. The third-order valence-electron chi connectivity index (χ3n) is 3.91. The van der Waals surface area contributed by atoms with Gasteiger partial charge in [-0.15, -0.1) is 0 Å². The molecule has 0 aliphatic heterocycles. The summed E-state index contributed by atoms with van der Waals surface area (Å²) in [6, 6.07) is 16.2. The van der Waals surface area contributed by atoms with Gasteiger partial charge in [-0.2, -0.15) is 0 Å². The number of para-hydroxylation sites is 1. The van der Waals surface area contributed by atoms with Crippen LogP contribution in [0.5, 0.6) is 11.5 Å². The quantitative estimate of drug-likeness (QED) is 0.540. The van der Waals surface area contributed by atoms with Gasteiger partial charge >= 0.3 is 0 Å². The number of carbonyl (C=O) groups is 1. The summed E-state index contributed by atoms with van der Waals surface area (Å²) in [4.78, 5) is 12.4. The molecule has 0 radical (unpaired) electrons. The Morgan fingerprint density at radius 2 is 1.62 bits per heavy atom. The second-order valence-corrected chi connectivity index (χ2v) is 5.69. The van der Waals surface area contributed by atoms with Crippen LogP contribution in [0.4, 0.5) is 10.1 Å². The summed E-state index contributed by atoms with van der Waals surface area (Å²) in [5.41, 5.74) is 1.86. The number of aromatic hydroxyl groups is 2. The molecule has 0 spiro atoms. The first kappa shape index (κ1) is 17.4. The van der Waals surface area contributed by atoms with E-state index in [0.717, 1.165) is 0 Å². The number of rotatable bonds is 4. The molecule has 0 saturated heterocycles. The van der Waals surface area contributed by atoms with Crippen molar-refractivity contribution in [2.75, 3.05) is 5.32 Å². The van der Waals surface area contributed by atoms with Crippen LogP contribution in [-0.4, -0.2) is 21.2 Å². The summed E-state index contributed by atoms with van der Waals surface area (Å²) in [6.07, 6.45) is -1.46. The maximum absolute atomic E-state index is 13.0. The second-order valence-electron chi connectivity index (χ2n) is 5.69. The van der Waals surface area contributed by atoms with Gasteiger partial charge in [0.15, 0.2) is 17.6 Å². The monoisotopic (exact) mass is 353 g/mol. The van der Waals surface area contributed by atoms with Crippen LogP contribution in [-0.2, 0) is 4.79 Å². The maximum atomic E-state index is 13.0. The summed E-state index contributed by atoms with van der Waals surface area (Å²) >= 11 is 0. The van der Waals surface area contributed by atoms with E-state index in [1.165, 1.54) is 36.4 Å². The molecule has 0 aromatic heterocycles. The Morgan fingerprint density at radius 3 is 2.31 bits per heavy atom. The van der Waals surface area contributed by atoms with E-state index in [0.29, 0.717) is 16.8 Å². The van der Waals surface area contributed by atoms with E-state index in [1.54, 1.807) is 30.3 Å². The number of phenolic OH excluding ortho intramolecular Hbond substituents is 2. The van der Waals surface area contributed by atoms with Crippen LogP contribution in [0, 0.1) is 5.82 Å². The maximum Gasteiger partial charge on any atom is 0.257 e. The molecule has 132 valence electrons. The normalized spacial score (nSPS) is 11.8. The van der Waals surface area contributed by atoms with Crippen LogP contribution < -0.4 is 5.32 Å². The van der Waals surface area contributed by atoms with Crippen LogP contribution >= 0.6 is 0 Å². The summed E-state index contributed by atoms with van der Waals surface area (Å²) in [5, 5.41) is 31.9. The Labute approximate surface area is 149 Å². The molecular formula is C20H16FNO4. The Morgan fingerprint density at radius 1 is 0.923 bits per heavy atom. The van der Waals surface area contributed by atoms with E-state index in [1.807, 2.05) is 0 Å². The first-order chi connectivity index (χ1) is 12.5. The number of aliphatic hydroxyl groups is 1. The second kappa shape index (κ2) is 7.25. The summed E-state index contributed by atoms with van der Waals surface area (Å²) in [6.45, 7) is 0. The molecule has 4 N–H and O–H groups in total. The number of hydrogen-bond acceptors (Lipinski definition) is 4. The van der Waals surface area contributed by atoms with Gasteiger partial charge in [0.2, 0.25) is 0 Å². The van der Waals surface area contributed by atoms with Gasteiger partial charge in [-0.1, -0.05) is 36.4 Å². The highest BCUT2D eigenvalue weighted by Gasteiger charge is 2.19. The molecule has 6 heteroatoms. The number of halogens is 1. The largest absolute Gasteiger partial charge is 0.504 e. The lowest BCUT2D eigenvalue weighted by atomic mass is 10.0. The number of phenols is 2. The van der Waals surface area contributed by atoms with Crippen molar-refractivity contribution in [3.05, 3.63) is 78.1 Å².